The van der Waals surface area contributed by atoms with E-state index in [9.17, 15) is 13.0 Å². The Labute approximate surface area is 75.3 Å². The van der Waals surface area contributed by atoms with Crippen molar-refractivity contribution in [2.24, 2.45) is 0 Å². The predicted molar refractivity (Wildman–Crippen MR) is 42.5 cm³/mol. The van der Waals surface area contributed by atoms with Gasteiger partial charge in [0.1, 0.15) is 16.4 Å². The third-order valence-electron chi connectivity index (χ3n) is 1.44. The third kappa shape index (κ3) is 2.10. The average molecular weight is 203 g/mol. The monoisotopic (exact) mass is 203 g/mol. The lowest BCUT2D eigenvalue weighted by atomic mass is 10.3. The molecule has 1 aromatic rings. The van der Waals surface area contributed by atoms with E-state index >= 15 is 0 Å². The molecule has 6 heteroatoms. The maximum atomic E-state index is 10.5. The minimum atomic E-state index is -4.61. The van der Waals surface area contributed by atoms with E-state index in [2.05, 4.69) is 0 Å². The Morgan fingerprint density at radius 2 is 2.00 bits per heavy atom. The summed E-state index contributed by atoms with van der Waals surface area (Å²) in [6.45, 7) is 0. The number of phenols is 1. The highest BCUT2D eigenvalue weighted by Crippen LogP contribution is 2.26. The smallest absolute Gasteiger partial charge is 0.327 e. The summed E-state index contributed by atoms with van der Waals surface area (Å²) in [6, 6.07) is 3.34. The van der Waals surface area contributed by atoms with Gasteiger partial charge in [0, 0.05) is 6.07 Å². The van der Waals surface area contributed by atoms with Crippen molar-refractivity contribution in [3.05, 3.63) is 18.2 Å². The standard InChI is InChI=1S/C7H7O5S/c1-12-5-2-3-7(6(8)4-5)13(9,10)11/h2-4,8H,1H3. The summed E-state index contributed by atoms with van der Waals surface area (Å²) in [4.78, 5) is -0.645. The first-order valence-electron chi connectivity index (χ1n) is 3.28. The van der Waals surface area contributed by atoms with E-state index in [0.29, 0.717) is 0 Å². The van der Waals surface area contributed by atoms with E-state index in [4.69, 9.17) is 9.84 Å². The van der Waals surface area contributed by atoms with Crippen LogP contribution < -0.4 is 4.74 Å². The number of rotatable bonds is 2. The van der Waals surface area contributed by atoms with E-state index in [1.54, 1.807) is 0 Å². The summed E-state index contributed by atoms with van der Waals surface area (Å²) in [6.07, 6.45) is 0. The Kier molecular flexibility index (Phi) is 2.44. The van der Waals surface area contributed by atoms with Gasteiger partial charge >= 0.3 is 10.1 Å². The topological polar surface area (TPSA) is 83.5 Å². The Morgan fingerprint density at radius 1 is 1.38 bits per heavy atom. The molecule has 0 aliphatic heterocycles. The predicted octanol–water partition coefficient (Wildman–Crippen LogP) is 0.520. The second kappa shape index (κ2) is 3.23. The second-order valence-corrected chi connectivity index (χ2v) is 3.64. The second-order valence-electron chi connectivity index (χ2n) is 2.29. The van der Waals surface area contributed by atoms with Crippen molar-refractivity contribution >= 4 is 10.1 Å². The molecule has 0 saturated carbocycles. The van der Waals surface area contributed by atoms with Crippen molar-refractivity contribution < 1.29 is 22.8 Å². The zero-order chi connectivity index (χ0) is 10.1. The van der Waals surface area contributed by atoms with Crippen LogP contribution in [-0.2, 0) is 14.7 Å². The van der Waals surface area contributed by atoms with Gasteiger partial charge < -0.3 is 9.84 Å². The Balaban J connectivity index is 3.29. The van der Waals surface area contributed by atoms with Gasteiger partial charge in [-0.3, -0.25) is 0 Å². The van der Waals surface area contributed by atoms with Crippen LogP contribution in [0.25, 0.3) is 0 Å². The van der Waals surface area contributed by atoms with E-state index in [-0.39, 0.29) is 5.75 Å². The Bertz CT molecular complexity index is 409. The molecular weight excluding hydrogens is 196 g/mol. The summed E-state index contributed by atoms with van der Waals surface area (Å²) in [5.41, 5.74) is 0. The largest absolute Gasteiger partial charge is 0.506 e. The summed E-state index contributed by atoms with van der Waals surface area (Å²) >= 11 is 0. The van der Waals surface area contributed by atoms with Gasteiger partial charge in [-0.1, -0.05) is 4.55 Å². The van der Waals surface area contributed by atoms with Gasteiger partial charge in [-0.05, 0) is 12.1 Å². The zero-order valence-electron chi connectivity index (χ0n) is 6.72. The lowest BCUT2D eigenvalue weighted by molar-refractivity contribution is 0.393. The molecule has 0 aromatic heterocycles. The Morgan fingerprint density at radius 3 is 2.38 bits per heavy atom. The van der Waals surface area contributed by atoms with Crippen molar-refractivity contribution in [3.8, 4) is 11.5 Å². The summed E-state index contributed by atoms with van der Waals surface area (Å²) < 4.78 is 36.2. The zero-order valence-corrected chi connectivity index (χ0v) is 7.54. The van der Waals surface area contributed by atoms with Crippen molar-refractivity contribution in [2.45, 2.75) is 4.90 Å². The van der Waals surface area contributed by atoms with E-state index in [1.807, 2.05) is 0 Å². The highest BCUT2D eigenvalue weighted by molar-refractivity contribution is 7.85. The highest BCUT2D eigenvalue weighted by atomic mass is 32.2. The summed E-state index contributed by atoms with van der Waals surface area (Å²) in [7, 11) is -3.25. The van der Waals surface area contributed by atoms with Gasteiger partial charge in [-0.15, -0.1) is 0 Å². The van der Waals surface area contributed by atoms with Crippen LogP contribution in [0.15, 0.2) is 23.1 Å². The molecule has 0 unspecified atom stereocenters. The minimum absolute atomic E-state index is 0.282. The normalized spacial score (nSPS) is 11.2. The van der Waals surface area contributed by atoms with E-state index in [0.717, 1.165) is 12.1 Å². The van der Waals surface area contributed by atoms with Crippen LogP contribution in [0.5, 0.6) is 11.5 Å². The van der Waals surface area contributed by atoms with E-state index in [1.165, 1.54) is 13.2 Å². The molecule has 1 aromatic carbocycles. The number of phenolic OH excluding ortho intramolecular Hbond substituents is 1. The number of methoxy groups -OCH3 is 1. The fourth-order valence-electron chi connectivity index (χ4n) is 0.836. The quantitative estimate of drug-likeness (QED) is 0.759. The number of hydrogen-bond acceptors (Lipinski definition) is 4. The molecule has 0 saturated heterocycles. The first-order valence-corrected chi connectivity index (χ1v) is 4.69. The number of hydrogen-bond donors (Lipinski definition) is 1. The minimum Gasteiger partial charge on any atom is -0.506 e. The maximum absolute atomic E-state index is 10.5. The van der Waals surface area contributed by atoms with Crippen molar-refractivity contribution in [3.63, 3.8) is 0 Å². The molecule has 1 rings (SSSR count). The summed E-state index contributed by atoms with van der Waals surface area (Å²) in [5, 5.41) is 9.10. The molecule has 1 radical (unpaired) electrons. The molecular formula is C7H7O5S. The van der Waals surface area contributed by atoms with E-state index < -0.39 is 20.8 Å². The molecule has 1 N–H and O–H groups in total. The van der Waals surface area contributed by atoms with Gasteiger partial charge in [0.2, 0.25) is 0 Å². The SMILES string of the molecule is COc1ccc(S([O])(=O)=O)c(O)c1. The first kappa shape index (κ1) is 9.82. The molecule has 71 valence electrons. The molecule has 0 spiro atoms. The molecule has 5 nitrogen and oxygen atoms in total. The van der Waals surface area contributed by atoms with Crippen molar-refractivity contribution in [2.75, 3.05) is 7.11 Å². The average Bonchev–Trinajstić information content (AvgIpc) is 2.01. The molecule has 0 amide bonds. The third-order valence-corrected chi connectivity index (χ3v) is 2.32. The maximum Gasteiger partial charge on any atom is 0.327 e. The lowest BCUT2D eigenvalue weighted by Crippen LogP contribution is -1.96. The van der Waals surface area contributed by atoms with Crippen LogP contribution in [-0.4, -0.2) is 20.6 Å². The van der Waals surface area contributed by atoms with Crippen molar-refractivity contribution in [1.29, 1.82) is 0 Å². The van der Waals surface area contributed by atoms with Crippen LogP contribution in [0.3, 0.4) is 0 Å². The van der Waals surface area contributed by atoms with Crippen LogP contribution in [0.1, 0.15) is 0 Å². The van der Waals surface area contributed by atoms with Crippen LogP contribution >= 0.6 is 0 Å². The lowest BCUT2D eigenvalue weighted by Gasteiger charge is -2.02. The summed E-state index contributed by atoms with van der Waals surface area (Å²) in [5.74, 6) is -0.320. The van der Waals surface area contributed by atoms with Crippen LogP contribution in [0.4, 0.5) is 0 Å². The first-order chi connectivity index (χ1) is 5.95. The van der Waals surface area contributed by atoms with Gasteiger partial charge in [0.25, 0.3) is 0 Å². The van der Waals surface area contributed by atoms with Gasteiger partial charge in [0.15, 0.2) is 0 Å². The highest BCUT2D eigenvalue weighted by Gasteiger charge is 2.17. The Hall–Kier alpha value is -1.27. The number of aromatic hydroxyl groups is 1. The van der Waals surface area contributed by atoms with Gasteiger partial charge in [0.05, 0.1) is 7.11 Å². The number of ether oxygens (including phenoxy) is 1. The molecule has 0 aliphatic rings. The van der Waals surface area contributed by atoms with Gasteiger partial charge in [-0.25, -0.2) is 0 Å². The van der Waals surface area contributed by atoms with Crippen LogP contribution in [0, 0.1) is 0 Å². The molecule has 0 atom stereocenters. The molecule has 0 heterocycles. The molecule has 0 aliphatic carbocycles. The van der Waals surface area contributed by atoms with Crippen LogP contribution in [0.2, 0.25) is 0 Å². The fraction of sp³-hybridized carbons (Fsp3) is 0.143. The molecule has 13 heavy (non-hydrogen) atoms. The number of benzene rings is 1. The fourth-order valence-corrected chi connectivity index (χ4v) is 1.39. The van der Waals surface area contributed by atoms with Crippen molar-refractivity contribution in [1.82, 2.24) is 0 Å². The molecule has 0 bridgehead atoms. The van der Waals surface area contributed by atoms with Gasteiger partial charge in [-0.2, -0.15) is 8.42 Å². The molecule has 0 fully saturated rings.